The van der Waals surface area contributed by atoms with E-state index in [1.165, 1.54) is 9.75 Å². The lowest BCUT2D eigenvalue weighted by molar-refractivity contribution is -0.142. The van der Waals surface area contributed by atoms with Crippen LogP contribution in [0.1, 0.15) is 9.75 Å². The summed E-state index contributed by atoms with van der Waals surface area (Å²) in [4.78, 5) is 7.72. The largest absolute Gasteiger partial charge is 0.377 e. The van der Waals surface area contributed by atoms with Gasteiger partial charge in [0.15, 0.2) is 0 Å². The van der Waals surface area contributed by atoms with E-state index in [0.29, 0.717) is 6.61 Å². The van der Waals surface area contributed by atoms with Gasteiger partial charge in [-0.25, -0.2) is 0 Å². The zero-order valence-electron chi connectivity index (χ0n) is 13.4. The molecule has 0 saturated carbocycles. The molecule has 2 aliphatic heterocycles. The van der Waals surface area contributed by atoms with E-state index in [0.717, 1.165) is 52.5 Å². The molecule has 22 heavy (non-hydrogen) atoms. The van der Waals surface area contributed by atoms with E-state index in [1.807, 2.05) is 17.4 Å². The minimum Gasteiger partial charge on any atom is -0.377 e. The molecule has 1 aromatic heterocycles. The fourth-order valence-electron chi connectivity index (χ4n) is 3.35. The number of nitrogens with zero attached hydrogens (tertiary/aromatic N) is 2. The molecule has 1 spiro atoms. The Bertz CT molecular complexity index is 505. The van der Waals surface area contributed by atoms with Gasteiger partial charge in [-0.3, -0.25) is 9.80 Å². The van der Waals surface area contributed by atoms with Gasteiger partial charge in [0.25, 0.3) is 0 Å². The molecule has 0 amide bonds. The highest BCUT2D eigenvalue weighted by atomic mass is 32.1. The van der Waals surface area contributed by atoms with Crippen LogP contribution in [0.5, 0.6) is 0 Å². The van der Waals surface area contributed by atoms with Crippen molar-refractivity contribution in [2.75, 3.05) is 52.5 Å². The first-order valence-corrected chi connectivity index (χ1v) is 8.83. The molecule has 3 heterocycles. The molecule has 0 aromatic carbocycles. The highest BCUT2D eigenvalue weighted by Gasteiger charge is 2.40. The van der Waals surface area contributed by atoms with Gasteiger partial charge in [0.2, 0.25) is 0 Å². The highest BCUT2D eigenvalue weighted by molar-refractivity contribution is 7.11. The second-order valence-electron chi connectivity index (χ2n) is 6.33. The highest BCUT2D eigenvalue weighted by Crippen LogP contribution is 2.25. The van der Waals surface area contributed by atoms with Crippen molar-refractivity contribution in [3.05, 3.63) is 34.5 Å². The van der Waals surface area contributed by atoms with Gasteiger partial charge in [0, 0.05) is 49.0 Å². The Morgan fingerprint density at radius 2 is 2.09 bits per heavy atom. The van der Waals surface area contributed by atoms with Gasteiger partial charge >= 0.3 is 0 Å². The van der Waals surface area contributed by atoms with Gasteiger partial charge < -0.3 is 9.47 Å². The molecule has 2 aliphatic rings. The number of thiophene rings is 1. The van der Waals surface area contributed by atoms with Gasteiger partial charge in [-0.05, 0) is 19.1 Å². The molecule has 3 rings (SSSR count). The molecule has 2 fully saturated rings. The van der Waals surface area contributed by atoms with Crippen LogP contribution in [-0.4, -0.2) is 67.9 Å². The molecule has 1 unspecified atom stereocenters. The summed E-state index contributed by atoms with van der Waals surface area (Å²) in [6.07, 6.45) is 1.97. The summed E-state index contributed by atoms with van der Waals surface area (Å²) >= 11 is 1.89. The summed E-state index contributed by atoms with van der Waals surface area (Å²) in [7, 11) is 0. The van der Waals surface area contributed by atoms with Gasteiger partial charge in [-0.15, -0.1) is 17.9 Å². The lowest BCUT2D eigenvalue weighted by atomic mass is 10.0. The van der Waals surface area contributed by atoms with E-state index in [9.17, 15) is 0 Å². The van der Waals surface area contributed by atoms with Crippen molar-refractivity contribution in [3.8, 4) is 0 Å². The fourth-order valence-corrected chi connectivity index (χ4v) is 4.29. The first-order valence-electron chi connectivity index (χ1n) is 8.02. The van der Waals surface area contributed by atoms with Crippen molar-refractivity contribution >= 4 is 11.3 Å². The molecular weight excluding hydrogens is 296 g/mol. The van der Waals surface area contributed by atoms with Gasteiger partial charge in [-0.1, -0.05) is 6.08 Å². The Morgan fingerprint density at radius 1 is 1.27 bits per heavy atom. The van der Waals surface area contributed by atoms with E-state index in [-0.39, 0.29) is 5.60 Å². The van der Waals surface area contributed by atoms with Crippen molar-refractivity contribution in [2.45, 2.75) is 19.1 Å². The summed E-state index contributed by atoms with van der Waals surface area (Å²) in [6, 6.07) is 4.45. The molecule has 1 atom stereocenters. The fraction of sp³-hybridized carbons (Fsp3) is 0.647. The smallest absolute Gasteiger partial charge is 0.117 e. The molecule has 1 aromatic rings. The lowest BCUT2D eigenvalue weighted by Crippen LogP contribution is -2.58. The average Bonchev–Trinajstić information content (AvgIpc) is 2.79. The Balaban J connectivity index is 1.66. The van der Waals surface area contributed by atoms with Crippen LogP contribution in [0, 0.1) is 6.92 Å². The van der Waals surface area contributed by atoms with Crippen LogP contribution >= 0.6 is 11.3 Å². The van der Waals surface area contributed by atoms with Gasteiger partial charge in [0.05, 0.1) is 19.8 Å². The summed E-state index contributed by atoms with van der Waals surface area (Å²) in [6.45, 7) is 14.0. The van der Waals surface area contributed by atoms with Crippen molar-refractivity contribution < 1.29 is 9.47 Å². The van der Waals surface area contributed by atoms with Crippen LogP contribution in [0.4, 0.5) is 0 Å². The van der Waals surface area contributed by atoms with E-state index in [1.54, 1.807) is 0 Å². The van der Waals surface area contributed by atoms with Crippen LogP contribution in [0.3, 0.4) is 0 Å². The lowest BCUT2D eigenvalue weighted by Gasteiger charge is -2.43. The zero-order valence-corrected chi connectivity index (χ0v) is 14.2. The Hall–Kier alpha value is -0.720. The van der Waals surface area contributed by atoms with Crippen molar-refractivity contribution in [3.63, 3.8) is 0 Å². The molecule has 122 valence electrons. The Morgan fingerprint density at radius 3 is 2.86 bits per heavy atom. The Kier molecular flexibility index (Phi) is 5.31. The quantitative estimate of drug-likeness (QED) is 0.793. The van der Waals surface area contributed by atoms with Crippen molar-refractivity contribution in [1.82, 2.24) is 9.80 Å². The molecule has 0 bridgehead atoms. The Labute approximate surface area is 137 Å². The summed E-state index contributed by atoms with van der Waals surface area (Å²) in [5.41, 5.74) is -0.190. The van der Waals surface area contributed by atoms with E-state index < -0.39 is 0 Å². The topological polar surface area (TPSA) is 24.9 Å². The van der Waals surface area contributed by atoms with Gasteiger partial charge in [-0.2, -0.15) is 0 Å². The minimum absolute atomic E-state index is 0.190. The third-order valence-electron chi connectivity index (χ3n) is 4.32. The molecular formula is C17H26N2O2S. The number of morpholine rings is 1. The van der Waals surface area contributed by atoms with Crippen LogP contribution in [0.25, 0.3) is 0 Å². The minimum atomic E-state index is -0.190. The molecule has 0 radical (unpaired) electrons. The predicted molar refractivity (Wildman–Crippen MR) is 90.5 cm³/mol. The third kappa shape index (κ3) is 3.97. The second kappa shape index (κ2) is 7.23. The second-order valence-corrected chi connectivity index (χ2v) is 7.70. The number of aryl methyl sites for hydroxylation is 1. The van der Waals surface area contributed by atoms with E-state index >= 15 is 0 Å². The predicted octanol–water partition coefficient (Wildman–Crippen LogP) is 2.15. The first-order chi connectivity index (χ1) is 10.7. The molecule has 4 nitrogen and oxygen atoms in total. The third-order valence-corrected chi connectivity index (χ3v) is 5.30. The van der Waals surface area contributed by atoms with Crippen molar-refractivity contribution in [1.29, 1.82) is 0 Å². The van der Waals surface area contributed by atoms with Crippen molar-refractivity contribution in [2.24, 2.45) is 0 Å². The normalized spacial score (nSPS) is 27.9. The molecule has 5 heteroatoms. The summed E-state index contributed by atoms with van der Waals surface area (Å²) in [5, 5.41) is 0. The van der Waals surface area contributed by atoms with Gasteiger partial charge in [0.1, 0.15) is 5.60 Å². The number of ether oxygens (including phenoxy) is 2. The number of hydrogen-bond acceptors (Lipinski definition) is 5. The first kappa shape index (κ1) is 16.1. The van der Waals surface area contributed by atoms with Crippen LogP contribution in [-0.2, 0) is 16.0 Å². The zero-order chi connectivity index (χ0) is 15.4. The molecule has 0 aliphatic carbocycles. The maximum Gasteiger partial charge on any atom is 0.117 e. The SMILES string of the molecule is C=CCN1CCOCC2(C1)CN(Cc1ccc(C)s1)CCO2. The average molecular weight is 322 g/mol. The van der Waals surface area contributed by atoms with E-state index in [4.69, 9.17) is 9.47 Å². The molecule has 0 N–H and O–H groups in total. The maximum atomic E-state index is 6.20. The van der Waals surface area contributed by atoms with Crippen LogP contribution in [0.2, 0.25) is 0 Å². The number of hydrogen-bond donors (Lipinski definition) is 0. The number of rotatable bonds is 4. The summed E-state index contributed by atoms with van der Waals surface area (Å²) in [5.74, 6) is 0. The standard InChI is InChI=1S/C17H26N2O2S/c1-3-6-18-7-9-20-14-17(12-18)13-19(8-10-21-17)11-16-5-4-15(2)22-16/h3-5H,1,6-14H2,2H3. The maximum absolute atomic E-state index is 6.20. The van der Waals surface area contributed by atoms with E-state index in [2.05, 4.69) is 35.4 Å². The summed E-state index contributed by atoms with van der Waals surface area (Å²) < 4.78 is 12.0. The van der Waals surface area contributed by atoms with Crippen LogP contribution < -0.4 is 0 Å². The van der Waals surface area contributed by atoms with Crippen LogP contribution in [0.15, 0.2) is 24.8 Å². The molecule has 2 saturated heterocycles. The monoisotopic (exact) mass is 322 g/mol.